The number of aryl methyl sites for hydroxylation is 2. The Bertz CT molecular complexity index is 343. The van der Waals surface area contributed by atoms with Crippen LogP contribution in [0.4, 0.5) is 0 Å². The minimum atomic E-state index is -0.287. The third-order valence-corrected chi connectivity index (χ3v) is 2.09. The molecule has 0 bridgehead atoms. The fourth-order valence-corrected chi connectivity index (χ4v) is 1.35. The first-order valence-electron chi connectivity index (χ1n) is 5.24. The minimum Gasteiger partial charge on any atom is -0.483 e. The number of carbonyl (C=O) groups excluding carboxylic acids is 1. The number of ether oxygens (including phenoxy) is 1. The summed E-state index contributed by atoms with van der Waals surface area (Å²) in [7, 11) is 0. The quantitative estimate of drug-likeness (QED) is 0.774. The Morgan fingerprint density at radius 3 is 2.50 bits per heavy atom. The lowest BCUT2D eigenvalue weighted by molar-refractivity contribution is -0.135. The van der Waals surface area contributed by atoms with E-state index in [1.54, 1.807) is 6.92 Å². The van der Waals surface area contributed by atoms with Crippen LogP contribution in [-0.4, -0.2) is 19.1 Å². The predicted molar refractivity (Wildman–Crippen MR) is 61.2 cm³/mol. The lowest BCUT2D eigenvalue weighted by Gasteiger charge is -2.11. The van der Waals surface area contributed by atoms with E-state index in [9.17, 15) is 4.79 Å². The van der Waals surface area contributed by atoms with Crippen molar-refractivity contribution < 1.29 is 14.4 Å². The van der Waals surface area contributed by atoms with Gasteiger partial charge in [0.1, 0.15) is 5.75 Å². The normalized spacial score (nSPS) is 9.94. The molecule has 0 aliphatic carbocycles. The maximum Gasteiger partial charge on any atom is 0.281 e. The molecule has 4 nitrogen and oxygen atoms in total. The van der Waals surface area contributed by atoms with E-state index in [0.717, 1.165) is 16.9 Å². The summed E-state index contributed by atoms with van der Waals surface area (Å²) in [6.45, 7) is 6.10. The topological polar surface area (TPSA) is 47.6 Å². The second-order valence-electron chi connectivity index (χ2n) is 3.47. The predicted octanol–water partition coefficient (Wildman–Crippen LogP) is 1.75. The average Bonchev–Trinajstić information content (AvgIpc) is 2.25. The van der Waals surface area contributed by atoms with Gasteiger partial charge in [-0.1, -0.05) is 18.2 Å². The monoisotopic (exact) mass is 223 g/mol. The summed E-state index contributed by atoms with van der Waals surface area (Å²) in [4.78, 5) is 16.0. The number of hydroxylamine groups is 1. The minimum absolute atomic E-state index is 0.0360. The molecule has 0 saturated heterocycles. The summed E-state index contributed by atoms with van der Waals surface area (Å²) < 4.78 is 5.43. The Balaban J connectivity index is 2.51. The number of amides is 1. The van der Waals surface area contributed by atoms with Gasteiger partial charge in [0.2, 0.25) is 0 Å². The zero-order valence-corrected chi connectivity index (χ0v) is 9.87. The molecule has 16 heavy (non-hydrogen) atoms. The Morgan fingerprint density at radius 2 is 1.94 bits per heavy atom. The summed E-state index contributed by atoms with van der Waals surface area (Å²) in [5.74, 6) is 0.471. The fraction of sp³-hybridized carbons (Fsp3) is 0.417. The second-order valence-corrected chi connectivity index (χ2v) is 3.47. The molecule has 0 aromatic heterocycles. The van der Waals surface area contributed by atoms with Crippen LogP contribution in [0.25, 0.3) is 0 Å². The summed E-state index contributed by atoms with van der Waals surface area (Å²) in [5.41, 5.74) is 4.31. The van der Waals surface area contributed by atoms with Crippen LogP contribution in [0.3, 0.4) is 0 Å². The third-order valence-electron chi connectivity index (χ3n) is 2.09. The molecule has 0 aliphatic rings. The van der Waals surface area contributed by atoms with Gasteiger partial charge in [0.05, 0.1) is 6.61 Å². The van der Waals surface area contributed by atoms with Crippen molar-refractivity contribution in [1.82, 2.24) is 5.48 Å². The van der Waals surface area contributed by atoms with Gasteiger partial charge >= 0.3 is 0 Å². The van der Waals surface area contributed by atoms with E-state index in [4.69, 9.17) is 9.57 Å². The van der Waals surface area contributed by atoms with Crippen LogP contribution in [0.15, 0.2) is 18.2 Å². The highest BCUT2D eigenvalue weighted by Crippen LogP contribution is 2.21. The van der Waals surface area contributed by atoms with Crippen molar-refractivity contribution >= 4 is 5.91 Å². The fourth-order valence-electron chi connectivity index (χ4n) is 1.35. The van der Waals surface area contributed by atoms with Gasteiger partial charge in [0, 0.05) is 0 Å². The van der Waals surface area contributed by atoms with Gasteiger partial charge in [-0.2, -0.15) is 0 Å². The Labute approximate surface area is 95.5 Å². The number of rotatable bonds is 5. The lowest BCUT2D eigenvalue weighted by Crippen LogP contribution is -2.29. The van der Waals surface area contributed by atoms with E-state index >= 15 is 0 Å². The van der Waals surface area contributed by atoms with Crippen molar-refractivity contribution in [3.63, 3.8) is 0 Å². The molecule has 1 amide bonds. The molecule has 1 rings (SSSR count). The van der Waals surface area contributed by atoms with Crippen LogP contribution >= 0.6 is 0 Å². The maximum absolute atomic E-state index is 11.2. The molecule has 0 atom stereocenters. The second kappa shape index (κ2) is 6.12. The third kappa shape index (κ3) is 3.55. The van der Waals surface area contributed by atoms with Crippen molar-refractivity contribution in [2.75, 3.05) is 13.2 Å². The number of benzene rings is 1. The first-order chi connectivity index (χ1) is 7.65. The number of carbonyl (C=O) groups is 1. The van der Waals surface area contributed by atoms with Gasteiger partial charge in [-0.3, -0.25) is 9.63 Å². The van der Waals surface area contributed by atoms with Gasteiger partial charge in [-0.25, -0.2) is 5.48 Å². The van der Waals surface area contributed by atoms with Gasteiger partial charge in [-0.05, 0) is 31.9 Å². The Hall–Kier alpha value is -1.55. The van der Waals surface area contributed by atoms with Crippen molar-refractivity contribution in [2.45, 2.75) is 20.8 Å². The molecule has 1 N–H and O–H groups in total. The van der Waals surface area contributed by atoms with Crippen LogP contribution in [0.5, 0.6) is 5.75 Å². The summed E-state index contributed by atoms with van der Waals surface area (Å²) in [6, 6.07) is 5.85. The van der Waals surface area contributed by atoms with Crippen LogP contribution in [0.1, 0.15) is 18.1 Å². The molecule has 4 heteroatoms. The van der Waals surface area contributed by atoms with E-state index in [1.807, 2.05) is 32.0 Å². The zero-order valence-electron chi connectivity index (χ0n) is 9.87. The molecule has 0 aliphatic heterocycles. The Morgan fingerprint density at radius 1 is 1.31 bits per heavy atom. The van der Waals surface area contributed by atoms with Crippen LogP contribution in [-0.2, 0) is 9.63 Å². The van der Waals surface area contributed by atoms with E-state index in [1.165, 1.54) is 0 Å². The van der Waals surface area contributed by atoms with Crippen molar-refractivity contribution in [3.05, 3.63) is 29.3 Å². The molecular formula is C12H17NO3. The van der Waals surface area contributed by atoms with Gasteiger partial charge in [0.25, 0.3) is 5.91 Å². The number of para-hydroxylation sites is 1. The van der Waals surface area contributed by atoms with Crippen LogP contribution in [0, 0.1) is 13.8 Å². The van der Waals surface area contributed by atoms with Crippen LogP contribution in [0.2, 0.25) is 0 Å². The maximum atomic E-state index is 11.2. The highest BCUT2D eigenvalue weighted by Gasteiger charge is 2.06. The molecule has 1 aromatic rings. The number of hydrogen-bond acceptors (Lipinski definition) is 3. The molecule has 0 radical (unpaired) electrons. The molecule has 1 aromatic carbocycles. The summed E-state index contributed by atoms with van der Waals surface area (Å²) in [6.07, 6.45) is 0. The smallest absolute Gasteiger partial charge is 0.281 e. The number of nitrogens with one attached hydrogen (secondary N) is 1. The largest absolute Gasteiger partial charge is 0.483 e. The molecule has 88 valence electrons. The standard InChI is InChI=1S/C12H17NO3/c1-4-16-13-11(14)8-15-12-9(2)6-5-7-10(12)3/h5-7H,4,8H2,1-3H3,(H,13,14). The van der Waals surface area contributed by atoms with E-state index in [-0.39, 0.29) is 12.5 Å². The highest BCUT2D eigenvalue weighted by atomic mass is 16.7. The van der Waals surface area contributed by atoms with Crippen molar-refractivity contribution in [1.29, 1.82) is 0 Å². The van der Waals surface area contributed by atoms with Crippen molar-refractivity contribution in [2.24, 2.45) is 0 Å². The molecule has 0 fully saturated rings. The van der Waals surface area contributed by atoms with Gasteiger partial charge in [0.15, 0.2) is 6.61 Å². The van der Waals surface area contributed by atoms with E-state index in [0.29, 0.717) is 6.61 Å². The lowest BCUT2D eigenvalue weighted by atomic mass is 10.1. The molecule has 0 saturated carbocycles. The first kappa shape index (κ1) is 12.5. The highest BCUT2D eigenvalue weighted by molar-refractivity contribution is 5.76. The summed E-state index contributed by atoms with van der Waals surface area (Å²) in [5, 5.41) is 0. The first-order valence-corrected chi connectivity index (χ1v) is 5.24. The molecule has 0 heterocycles. The molecule has 0 spiro atoms. The zero-order chi connectivity index (χ0) is 12.0. The number of hydrogen-bond donors (Lipinski definition) is 1. The van der Waals surface area contributed by atoms with Crippen LogP contribution < -0.4 is 10.2 Å². The average molecular weight is 223 g/mol. The summed E-state index contributed by atoms with van der Waals surface area (Å²) >= 11 is 0. The van der Waals surface area contributed by atoms with Gasteiger partial charge in [-0.15, -0.1) is 0 Å². The van der Waals surface area contributed by atoms with E-state index < -0.39 is 0 Å². The van der Waals surface area contributed by atoms with Gasteiger partial charge < -0.3 is 4.74 Å². The van der Waals surface area contributed by atoms with Crippen molar-refractivity contribution in [3.8, 4) is 5.75 Å². The molecule has 0 unspecified atom stereocenters. The molecular weight excluding hydrogens is 206 g/mol. The van der Waals surface area contributed by atoms with E-state index in [2.05, 4.69) is 5.48 Å². The SMILES string of the molecule is CCONC(=O)COc1c(C)cccc1C. The Kier molecular flexibility index (Phi) is 4.79.